The number of halogens is 2. The number of amides is 4. The first-order valence-electron chi connectivity index (χ1n) is 20.0. The Labute approximate surface area is 361 Å². The molecule has 5 aromatic carbocycles. The highest BCUT2D eigenvalue weighted by Gasteiger charge is 2.70. The number of fused-ring (bicyclic) bond motifs is 4. The van der Waals surface area contributed by atoms with Crippen LogP contribution in [0.3, 0.4) is 0 Å². The quantitative estimate of drug-likeness (QED) is 0.0803. The molecule has 11 nitrogen and oxygen atoms in total. The molecule has 0 radical (unpaired) electrons. The Morgan fingerprint density at radius 2 is 1.56 bits per heavy atom. The fourth-order valence-electron chi connectivity index (χ4n) is 9.97. The summed E-state index contributed by atoms with van der Waals surface area (Å²) in [5.41, 5.74) is 4.74. The Hall–Kier alpha value is -6.43. The molecule has 2 aliphatic heterocycles. The highest BCUT2D eigenvalue weighted by Crippen LogP contribution is 2.64. The van der Waals surface area contributed by atoms with Gasteiger partial charge in [0.1, 0.15) is 5.75 Å². The van der Waals surface area contributed by atoms with Crippen LogP contribution < -0.4 is 19.8 Å². The van der Waals surface area contributed by atoms with Crippen LogP contribution in [0.5, 0.6) is 17.2 Å². The van der Waals surface area contributed by atoms with Gasteiger partial charge in [-0.15, -0.1) is 0 Å². The molecule has 308 valence electrons. The van der Waals surface area contributed by atoms with Crippen LogP contribution in [0.4, 0.5) is 11.4 Å². The SMILES string of the molecule is CCOc1cc(C2C3=CCC4C(=O)N(c5ccc(C(=O)c6ccccc6)cc5)C(=O)C4C3CC3C(=O)N(Nc4ccc(Cl)cc4Cl)C(=O)C32c2ccc(OC)cc2)ccc1O. The number of carbonyl (C=O) groups is 5. The van der Waals surface area contributed by atoms with Crippen LogP contribution in [0.15, 0.2) is 127 Å². The fourth-order valence-corrected chi connectivity index (χ4v) is 10.4. The fraction of sp³-hybridized carbons (Fsp3) is 0.229. The molecule has 2 heterocycles. The number of nitrogens with zero attached hydrogens (tertiary/aromatic N) is 2. The average Bonchev–Trinajstić information content (AvgIpc) is 3.66. The Morgan fingerprint density at radius 1 is 0.836 bits per heavy atom. The number of nitrogens with one attached hydrogen (secondary N) is 1. The van der Waals surface area contributed by atoms with Gasteiger partial charge < -0.3 is 14.6 Å². The van der Waals surface area contributed by atoms with Gasteiger partial charge in [-0.3, -0.25) is 34.3 Å². The molecule has 2 saturated heterocycles. The van der Waals surface area contributed by atoms with Crippen molar-refractivity contribution in [1.82, 2.24) is 5.01 Å². The summed E-state index contributed by atoms with van der Waals surface area (Å²) in [6, 6.07) is 31.8. The molecule has 1 saturated carbocycles. The van der Waals surface area contributed by atoms with Crippen molar-refractivity contribution in [3.05, 3.63) is 159 Å². The lowest BCUT2D eigenvalue weighted by molar-refractivity contribution is -0.138. The van der Waals surface area contributed by atoms with E-state index in [4.69, 9.17) is 32.7 Å². The van der Waals surface area contributed by atoms with Crippen LogP contribution in [0, 0.1) is 23.7 Å². The van der Waals surface area contributed by atoms with E-state index in [0.717, 1.165) is 10.6 Å². The highest BCUT2D eigenvalue weighted by molar-refractivity contribution is 6.36. The molecular formula is C48H39Cl2N3O8. The summed E-state index contributed by atoms with van der Waals surface area (Å²) in [5, 5.41) is 12.4. The molecule has 6 unspecified atom stereocenters. The van der Waals surface area contributed by atoms with Gasteiger partial charge in [-0.2, -0.15) is 5.01 Å². The van der Waals surface area contributed by atoms with E-state index in [0.29, 0.717) is 38.7 Å². The van der Waals surface area contributed by atoms with Crippen LogP contribution in [0.25, 0.3) is 0 Å². The predicted octanol–water partition coefficient (Wildman–Crippen LogP) is 8.53. The van der Waals surface area contributed by atoms with E-state index in [1.54, 1.807) is 104 Å². The summed E-state index contributed by atoms with van der Waals surface area (Å²) >= 11 is 12.8. The van der Waals surface area contributed by atoms with E-state index in [-0.39, 0.29) is 53.3 Å². The number of ketones is 1. The number of rotatable bonds is 10. The first kappa shape index (κ1) is 40.0. The Balaban J connectivity index is 1.18. The number of allylic oxidation sites excluding steroid dienone is 2. The van der Waals surface area contributed by atoms with E-state index in [9.17, 15) is 19.5 Å². The zero-order valence-electron chi connectivity index (χ0n) is 33.0. The third-order valence-corrected chi connectivity index (χ3v) is 13.2. The van der Waals surface area contributed by atoms with Crippen molar-refractivity contribution >= 4 is 64.0 Å². The maximum absolute atomic E-state index is 15.6. The van der Waals surface area contributed by atoms with Crippen molar-refractivity contribution in [2.45, 2.75) is 31.1 Å². The van der Waals surface area contributed by atoms with Crippen molar-refractivity contribution in [2.24, 2.45) is 23.7 Å². The number of phenolic OH excluding ortho intramolecular Hbond substituents is 1. The standard InChI is InChI=1S/C48H39Cl2N3O8/c1-3-61-40-23-28(11-22-39(40)54)42-33-19-20-34-41(46(58)52(44(34)56)31-15-9-27(10-16-31)43(55)26-7-5-4-6-8-26)35(33)25-36-45(57)53(51-38-21-14-30(49)24-37(38)50)47(59)48(36,42)29-12-17-32(60-2)18-13-29/h4-19,21-24,34-36,41-42,51,54H,3,20,25H2,1-2H3. The second-order valence-corrected chi connectivity index (χ2v) is 16.5. The minimum atomic E-state index is -1.60. The van der Waals surface area contributed by atoms with E-state index < -0.39 is 52.7 Å². The molecule has 3 fully saturated rings. The predicted molar refractivity (Wildman–Crippen MR) is 229 cm³/mol. The third-order valence-electron chi connectivity index (χ3n) is 12.6. The minimum absolute atomic E-state index is 0.0560. The van der Waals surface area contributed by atoms with Gasteiger partial charge in [-0.1, -0.05) is 83.4 Å². The minimum Gasteiger partial charge on any atom is -0.504 e. The maximum Gasteiger partial charge on any atom is 0.260 e. The second-order valence-electron chi connectivity index (χ2n) is 15.6. The van der Waals surface area contributed by atoms with Crippen LogP contribution in [-0.2, 0) is 24.6 Å². The topological polar surface area (TPSA) is 143 Å². The van der Waals surface area contributed by atoms with Crippen LogP contribution in [0.2, 0.25) is 10.0 Å². The Kier molecular flexibility index (Phi) is 10.2. The number of anilines is 2. The molecule has 0 bridgehead atoms. The molecule has 6 atom stereocenters. The summed E-state index contributed by atoms with van der Waals surface area (Å²) in [6.45, 7) is 2.03. The van der Waals surface area contributed by atoms with Gasteiger partial charge in [-0.05, 0) is 104 Å². The van der Waals surface area contributed by atoms with Crippen molar-refractivity contribution in [1.29, 1.82) is 0 Å². The largest absolute Gasteiger partial charge is 0.504 e. The molecule has 0 aromatic heterocycles. The molecule has 9 rings (SSSR count). The molecule has 13 heteroatoms. The van der Waals surface area contributed by atoms with Gasteiger partial charge in [-0.25, -0.2) is 0 Å². The van der Waals surface area contributed by atoms with Crippen molar-refractivity contribution < 1.29 is 38.6 Å². The zero-order valence-corrected chi connectivity index (χ0v) is 34.5. The average molecular weight is 857 g/mol. The molecule has 0 spiro atoms. The highest BCUT2D eigenvalue weighted by atomic mass is 35.5. The van der Waals surface area contributed by atoms with Crippen molar-refractivity contribution in [3.63, 3.8) is 0 Å². The molecule has 2 N–H and O–H groups in total. The van der Waals surface area contributed by atoms with Crippen molar-refractivity contribution in [2.75, 3.05) is 24.0 Å². The van der Waals surface area contributed by atoms with Crippen LogP contribution >= 0.6 is 23.2 Å². The summed E-state index contributed by atoms with van der Waals surface area (Å²) in [5.74, 6) is -5.68. The van der Waals surface area contributed by atoms with Gasteiger partial charge in [0.25, 0.3) is 11.8 Å². The number of hydrogen-bond acceptors (Lipinski definition) is 9. The lowest BCUT2D eigenvalue weighted by Crippen LogP contribution is -2.53. The van der Waals surface area contributed by atoms with Crippen LogP contribution in [-0.4, -0.2) is 53.2 Å². The number of aromatic hydroxyl groups is 1. The van der Waals surface area contributed by atoms with Crippen LogP contribution in [0.1, 0.15) is 52.7 Å². The second kappa shape index (κ2) is 15.6. The molecule has 61 heavy (non-hydrogen) atoms. The Bertz CT molecular complexity index is 2650. The number of methoxy groups -OCH3 is 1. The molecular weight excluding hydrogens is 817 g/mol. The number of ether oxygens (including phenoxy) is 2. The monoisotopic (exact) mass is 855 g/mol. The van der Waals surface area contributed by atoms with Gasteiger partial charge in [0.15, 0.2) is 17.3 Å². The number of hydrazine groups is 1. The van der Waals surface area contributed by atoms with E-state index in [1.807, 2.05) is 12.1 Å². The summed E-state index contributed by atoms with van der Waals surface area (Å²) in [4.78, 5) is 74.3. The van der Waals surface area contributed by atoms with Gasteiger partial charge in [0.05, 0.1) is 53.3 Å². The zero-order chi connectivity index (χ0) is 42.7. The number of carbonyl (C=O) groups excluding carboxylic acids is 5. The number of benzene rings is 5. The van der Waals surface area contributed by atoms with Gasteiger partial charge in [0.2, 0.25) is 11.8 Å². The molecule has 2 aliphatic carbocycles. The normalized spacial score (nSPS) is 24.2. The number of hydrogen-bond donors (Lipinski definition) is 2. The molecule has 4 amide bonds. The van der Waals surface area contributed by atoms with Gasteiger partial charge in [0, 0.05) is 22.1 Å². The van der Waals surface area contributed by atoms with E-state index >= 15 is 9.59 Å². The maximum atomic E-state index is 15.6. The molecule has 4 aliphatic rings. The molecule has 5 aromatic rings. The smallest absolute Gasteiger partial charge is 0.260 e. The lowest BCUT2D eigenvalue weighted by atomic mass is 9.49. The number of imide groups is 2. The summed E-state index contributed by atoms with van der Waals surface area (Å²) in [6.07, 6.45) is 2.20. The van der Waals surface area contributed by atoms with Crippen molar-refractivity contribution in [3.8, 4) is 17.2 Å². The van der Waals surface area contributed by atoms with E-state index in [1.165, 1.54) is 24.1 Å². The summed E-state index contributed by atoms with van der Waals surface area (Å²) < 4.78 is 11.4. The third kappa shape index (κ3) is 6.37. The number of phenols is 1. The first-order valence-corrected chi connectivity index (χ1v) is 20.7. The lowest BCUT2D eigenvalue weighted by Gasteiger charge is -2.50. The van der Waals surface area contributed by atoms with Gasteiger partial charge >= 0.3 is 0 Å². The summed E-state index contributed by atoms with van der Waals surface area (Å²) in [7, 11) is 1.53. The van der Waals surface area contributed by atoms with E-state index in [2.05, 4.69) is 5.43 Å². The first-order chi connectivity index (χ1) is 29.5. The Morgan fingerprint density at radius 3 is 2.25 bits per heavy atom.